The van der Waals surface area contributed by atoms with Crippen LogP contribution in [-0.2, 0) is 14.8 Å². The summed E-state index contributed by atoms with van der Waals surface area (Å²) in [6.07, 6.45) is 0. The number of nitrogens with zero attached hydrogens (tertiary/aromatic N) is 2. The first-order valence-electron chi connectivity index (χ1n) is 8.75. The second-order valence-electron chi connectivity index (χ2n) is 6.39. The molecule has 1 aliphatic heterocycles. The fourth-order valence-corrected chi connectivity index (χ4v) is 5.40. The first-order chi connectivity index (χ1) is 13.1. The Balaban J connectivity index is 1.59. The Labute approximate surface area is 163 Å². The molecule has 0 radical (unpaired) electrons. The smallest absolute Gasteiger partial charge is 0.243 e. The summed E-state index contributed by atoms with van der Waals surface area (Å²) in [5.74, 6) is 0. The van der Waals surface area contributed by atoms with Crippen LogP contribution in [0.15, 0.2) is 58.8 Å². The SMILES string of the molecule is Cc1ccccc1-c1nc(-c2ccc(S(=O)(=O)N3CCOCC3)cc2)cs1. The van der Waals surface area contributed by atoms with E-state index in [0.717, 1.165) is 21.8 Å². The molecule has 2 aromatic carbocycles. The zero-order chi connectivity index (χ0) is 18.9. The van der Waals surface area contributed by atoms with Gasteiger partial charge < -0.3 is 4.74 Å². The Morgan fingerprint density at radius 2 is 1.74 bits per heavy atom. The van der Waals surface area contributed by atoms with E-state index < -0.39 is 10.0 Å². The number of hydrogen-bond acceptors (Lipinski definition) is 5. The number of morpholine rings is 1. The minimum atomic E-state index is -3.47. The quantitative estimate of drug-likeness (QED) is 0.668. The first kappa shape index (κ1) is 18.3. The van der Waals surface area contributed by atoms with Crippen LogP contribution in [0.4, 0.5) is 0 Å². The van der Waals surface area contributed by atoms with Crippen molar-refractivity contribution >= 4 is 21.4 Å². The average molecular weight is 401 g/mol. The standard InChI is InChI=1S/C20H20N2O3S2/c1-15-4-2-3-5-18(15)20-21-19(14-26-20)16-6-8-17(9-7-16)27(23,24)22-10-12-25-13-11-22/h2-9,14H,10-13H2,1H3. The highest BCUT2D eigenvalue weighted by Crippen LogP contribution is 2.31. The molecule has 0 unspecified atom stereocenters. The predicted molar refractivity (Wildman–Crippen MR) is 107 cm³/mol. The number of sulfonamides is 1. The number of ether oxygens (including phenoxy) is 1. The van der Waals surface area contributed by atoms with Crippen molar-refractivity contribution in [3.63, 3.8) is 0 Å². The van der Waals surface area contributed by atoms with Crippen molar-refractivity contribution in [2.45, 2.75) is 11.8 Å². The van der Waals surface area contributed by atoms with Gasteiger partial charge >= 0.3 is 0 Å². The molecule has 1 saturated heterocycles. The van der Waals surface area contributed by atoms with Crippen LogP contribution >= 0.6 is 11.3 Å². The topological polar surface area (TPSA) is 59.5 Å². The number of rotatable bonds is 4. The van der Waals surface area contributed by atoms with E-state index in [1.54, 1.807) is 23.5 Å². The van der Waals surface area contributed by atoms with Crippen LogP contribution in [0.2, 0.25) is 0 Å². The Morgan fingerprint density at radius 3 is 2.44 bits per heavy atom. The molecule has 7 heteroatoms. The van der Waals surface area contributed by atoms with Gasteiger partial charge in [-0.1, -0.05) is 36.4 Å². The summed E-state index contributed by atoms with van der Waals surface area (Å²) in [4.78, 5) is 5.04. The molecule has 27 heavy (non-hydrogen) atoms. The van der Waals surface area contributed by atoms with Gasteiger partial charge in [0.25, 0.3) is 0 Å². The van der Waals surface area contributed by atoms with E-state index in [1.807, 2.05) is 29.6 Å². The lowest BCUT2D eigenvalue weighted by Crippen LogP contribution is -2.40. The molecule has 1 aromatic heterocycles. The zero-order valence-corrected chi connectivity index (χ0v) is 16.6. The molecule has 1 aliphatic rings. The van der Waals surface area contributed by atoms with Crippen molar-refractivity contribution in [1.82, 2.24) is 9.29 Å². The second-order valence-corrected chi connectivity index (χ2v) is 9.19. The predicted octanol–water partition coefficient (Wildman–Crippen LogP) is 3.81. The average Bonchev–Trinajstić information content (AvgIpc) is 3.19. The zero-order valence-electron chi connectivity index (χ0n) is 15.0. The van der Waals surface area contributed by atoms with Gasteiger partial charge in [0.15, 0.2) is 0 Å². The minimum absolute atomic E-state index is 0.308. The highest BCUT2D eigenvalue weighted by Gasteiger charge is 2.26. The van der Waals surface area contributed by atoms with Gasteiger partial charge in [-0.05, 0) is 24.6 Å². The molecule has 0 spiro atoms. The van der Waals surface area contributed by atoms with Crippen molar-refractivity contribution in [3.8, 4) is 21.8 Å². The van der Waals surface area contributed by atoms with Crippen LogP contribution in [0, 0.1) is 6.92 Å². The van der Waals surface area contributed by atoms with E-state index >= 15 is 0 Å². The van der Waals surface area contributed by atoms with Crippen LogP contribution in [0.1, 0.15) is 5.56 Å². The van der Waals surface area contributed by atoms with Gasteiger partial charge in [-0.15, -0.1) is 11.3 Å². The molecule has 0 saturated carbocycles. The fourth-order valence-electron chi connectivity index (χ4n) is 3.08. The lowest BCUT2D eigenvalue weighted by molar-refractivity contribution is 0.0730. The van der Waals surface area contributed by atoms with Gasteiger partial charge in [0, 0.05) is 29.6 Å². The monoisotopic (exact) mass is 400 g/mol. The maximum atomic E-state index is 12.7. The molecule has 5 nitrogen and oxygen atoms in total. The summed E-state index contributed by atoms with van der Waals surface area (Å²) < 4.78 is 32.2. The maximum absolute atomic E-state index is 12.7. The number of aryl methyl sites for hydroxylation is 1. The molecular formula is C20H20N2O3S2. The summed E-state index contributed by atoms with van der Waals surface area (Å²) in [6, 6.07) is 15.1. The van der Waals surface area contributed by atoms with Crippen LogP contribution < -0.4 is 0 Å². The van der Waals surface area contributed by atoms with E-state index in [-0.39, 0.29) is 0 Å². The number of thiazole rings is 1. The molecular weight excluding hydrogens is 380 g/mol. The third kappa shape index (κ3) is 3.68. The Hall–Kier alpha value is -2.06. The molecule has 4 rings (SSSR count). The Bertz CT molecular complexity index is 1040. The highest BCUT2D eigenvalue weighted by molar-refractivity contribution is 7.89. The summed E-state index contributed by atoms with van der Waals surface area (Å²) in [7, 11) is -3.47. The molecule has 2 heterocycles. The highest BCUT2D eigenvalue weighted by atomic mass is 32.2. The van der Waals surface area contributed by atoms with Gasteiger partial charge in [0.1, 0.15) is 5.01 Å². The molecule has 140 valence electrons. The van der Waals surface area contributed by atoms with E-state index in [0.29, 0.717) is 31.2 Å². The van der Waals surface area contributed by atoms with Gasteiger partial charge in [-0.3, -0.25) is 0 Å². The minimum Gasteiger partial charge on any atom is -0.379 e. The molecule has 0 atom stereocenters. The summed E-state index contributed by atoms with van der Waals surface area (Å²) in [5.41, 5.74) is 4.08. The fraction of sp³-hybridized carbons (Fsp3) is 0.250. The molecule has 0 aliphatic carbocycles. The first-order valence-corrected chi connectivity index (χ1v) is 11.1. The van der Waals surface area contributed by atoms with Gasteiger partial charge in [-0.2, -0.15) is 4.31 Å². The van der Waals surface area contributed by atoms with Crippen LogP contribution in [0.25, 0.3) is 21.8 Å². The maximum Gasteiger partial charge on any atom is 0.243 e. The van der Waals surface area contributed by atoms with Crippen molar-refractivity contribution < 1.29 is 13.2 Å². The molecule has 0 amide bonds. The van der Waals surface area contributed by atoms with Crippen molar-refractivity contribution in [2.24, 2.45) is 0 Å². The Morgan fingerprint density at radius 1 is 1.04 bits per heavy atom. The lowest BCUT2D eigenvalue weighted by Gasteiger charge is -2.26. The molecule has 0 bridgehead atoms. The van der Waals surface area contributed by atoms with Gasteiger partial charge in [0.05, 0.1) is 23.8 Å². The van der Waals surface area contributed by atoms with E-state index in [1.165, 1.54) is 9.87 Å². The Kier molecular flexibility index (Phi) is 5.10. The summed E-state index contributed by atoms with van der Waals surface area (Å²) >= 11 is 1.59. The molecule has 1 fully saturated rings. The lowest BCUT2D eigenvalue weighted by atomic mass is 10.1. The van der Waals surface area contributed by atoms with Crippen molar-refractivity contribution in [3.05, 3.63) is 59.5 Å². The number of aromatic nitrogens is 1. The molecule has 3 aromatic rings. The number of benzene rings is 2. The van der Waals surface area contributed by atoms with Crippen LogP contribution in [0.5, 0.6) is 0 Å². The summed E-state index contributed by atoms with van der Waals surface area (Å²) in [5, 5.41) is 2.97. The van der Waals surface area contributed by atoms with E-state index in [4.69, 9.17) is 9.72 Å². The van der Waals surface area contributed by atoms with Crippen LogP contribution in [-0.4, -0.2) is 44.0 Å². The largest absolute Gasteiger partial charge is 0.379 e. The third-order valence-electron chi connectivity index (χ3n) is 4.64. The normalized spacial score (nSPS) is 15.7. The molecule has 0 N–H and O–H groups in total. The number of hydrogen-bond donors (Lipinski definition) is 0. The van der Waals surface area contributed by atoms with E-state index in [9.17, 15) is 8.42 Å². The van der Waals surface area contributed by atoms with Gasteiger partial charge in [0.2, 0.25) is 10.0 Å². The third-order valence-corrected chi connectivity index (χ3v) is 7.43. The second kappa shape index (κ2) is 7.52. The van der Waals surface area contributed by atoms with Crippen molar-refractivity contribution in [2.75, 3.05) is 26.3 Å². The van der Waals surface area contributed by atoms with Gasteiger partial charge in [-0.25, -0.2) is 13.4 Å². The van der Waals surface area contributed by atoms with Crippen molar-refractivity contribution in [1.29, 1.82) is 0 Å². The van der Waals surface area contributed by atoms with E-state index in [2.05, 4.69) is 19.1 Å². The van der Waals surface area contributed by atoms with Crippen LogP contribution in [0.3, 0.4) is 0 Å². The summed E-state index contributed by atoms with van der Waals surface area (Å²) in [6.45, 7) is 3.75.